The van der Waals surface area contributed by atoms with Crippen molar-refractivity contribution < 1.29 is 15.0 Å². The Labute approximate surface area is 85.7 Å². The van der Waals surface area contributed by atoms with Gasteiger partial charge in [0.05, 0.1) is 0 Å². The van der Waals surface area contributed by atoms with Gasteiger partial charge in [-0.15, -0.1) is 5.10 Å². The normalized spacial score (nSPS) is 19.8. The van der Waals surface area contributed by atoms with Gasteiger partial charge in [-0.05, 0) is 29.7 Å². The van der Waals surface area contributed by atoms with E-state index in [2.05, 4.69) is 15.5 Å². The molecule has 15 heavy (non-hydrogen) atoms. The maximum Gasteiger partial charge on any atom is 0.333 e. The largest absolute Gasteiger partial charge is 0.479 e. The van der Waals surface area contributed by atoms with Crippen LogP contribution in [0.2, 0.25) is 0 Å². The standard InChI is InChI=1S/C8H12N4O3/c13-6(7(14)15)8(1-2-8)3-4-12-5-9-10-11-12/h5-6,13H,1-4H2,(H,14,15). The number of aliphatic carboxylic acids is 1. The van der Waals surface area contributed by atoms with E-state index in [1.807, 2.05) is 0 Å². The topological polar surface area (TPSA) is 101 Å². The molecular weight excluding hydrogens is 200 g/mol. The molecule has 1 aromatic rings. The average molecular weight is 212 g/mol. The number of aliphatic hydroxyl groups excluding tert-OH is 1. The number of tetrazole rings is 1. The monoisotopic (exact) mass is 212 g/mol. The van der Waals surface area contributed by atoms with E-state index in [9.17, 15) is 9.90 Å². The summed E-state index contributed by atoms with van der Waals surface area (Å²) in [7, 11) is 0. The van der Waals surface area contributed by atoms with Crippen LogP contribution in [0.25, 0.3) is 0 Å². The van der Waals surface area contributed by atoms with E-state index in [0.29, 0.717) is 13.0 Å². The number of aryl methyl sites for hydroxylation is 1. The number of aliphatic hydroxyl groups is 1. The molecule has 0 radical (unpaired) electrons. The molecule has 7 nitrogen and oxygen atoms in total. The van der Waals surface area contributed by atoms with Crippen LogP contribution < -0.4 is 0 Å². The highest BCUT2D eigenvalue weighted by atomic mass is 16.4. The molecule has 0 bridgehead atoms. The average Bonchev–Trinajstić information content (AvgIpc) is 2.82. The number of carboxylic acids is 1. The second kappa shape index (κ2) is 3.58. The predicted octanol–water partition coefficient (Wildman–Crippen LogP) is -0.711. The summed E-state index contributed by atoms with van der Waals surface area (Å²) < 4.78 is 1.54. The maximum absolute atomic E-state index is 10.7. The van der Waals surface area contributed by atoms with Crippen LogP contribution in [0.4, 0.5) is 0 Å². The quantitative estimate of drug-likeness (QED) is 0.668. The Bertz CT molecular complexity index is 347. The van der Waals surface area contributed by atoms with Gasteiger partial charge < -0.3 is 10.2 Å². The van der Waals surface area contributed by atoms with E-state index in [1.165, 1.54) is 11.0 Å². The molecule has 1 aliphatic carbocycles. The lowest BCUT2D eigenvalue weighted by molar-refractivity contribution is -0.150. The van der Waals surface area contributed by atoms with Crippen LogP contribution in [0.15, 0.2) is 6.33 Å². The summed E-state index contributed by atoms with van der Waals surface area (Å²) in [6.45, 7) is 0.539. The molecule has 0 aliphatic heterocycles. The highest BCUT2D eigenvalue weighted by Gasteiger charge is 2.51. The maximum atomic E-state index is 10.7. The minimum atomic E-state index is -1.27. The van der Waals surface area contributed by atoms with Crippen molar-refractivity contribution in [3.8, 4) is 0 Å². The Kier molecular flexibility index (Phi) is 2.39. The van der Waals surface area contributed by atoms with Gasteiger partial charge in [-0.1, -0.05) is 0 Å². The lowest BCUT2D eigenvalue weighted by Crippen LogP contribution is -2.31. The summed E-state index contributed by atoms with van der Waals surface area (Å²) >= 11 is 0. The van der Waals surface area contributed by atoms with E-state index in [-0.39, 0.29) is 0 Å². The second-order valence-electron chi connectivity index (χ2n) is 3.93. The van der Waals surface area contributed by atoms with Gasteiger partial charge in [0.2, 0.25) is 0 Å². The lowest BCUT2D eigenvalue weighted by atomic mass is 9.95. The van der Waals surface area contributed by atoms with Gasteiger partial charge in [0, 0.05) is 12.0 Å². The predicted molar refractivity (Wildman–Crippen MR) is 47.7 cm³/mol. The van der Waals surface area contributed by atoms with E-state index in [4.69, 9.17) is 5.11 Å². The van der Waals surface area contributed by atoms with Crippen LogP contribution in [0.5, 0.6) is 0 Å². The molecule has 2 N–H and O–H groups in total. The highest BCUT2D eigenvalue weighted by Crippen LogP contribution is 2.52. The molecule has 0 aromatic carbocycles. The molecule has 82 valence electrons. The molecular formula is C8H12N4O3. The van der Waals surface area contributed by atoms with Gasteiger partial charge in [0.1, 0.15) is 6.33 Å². The molecule has 1 fully saturated rings. The first-order valence-electron chi connectivity index (χ1n) is 4.76. The Balaban J connectivity index is 1.91. The van der Waals surface area contributed by atoms with Crippen LogP contribution in [-0.2, 0) is 11.3 Å². The van der Waals surface area contributed by atoms with Crippen LogP contribution in [-0.4, -0.2) is 42.5 Å². The van der Waals surface area contributed by atoms with E-state index < -0.39 is 17.5 Å². The Morgan fingerprint density at radius 2 is 2.33 bits per heavy atom. The summed E-state index contributed by atoms with van der Waals surface area (Å²) in [6, 6.07) is 0. The summed E-state index contributed by atoms with van der Waals surface area (Å²) in [5, 5.41) is 28.8. The third kappa shape index (κ3) is 1.96. The number of carbonyl (C=O) groups is 1. The Hall–Kier alpha value is -1.50. The summed E-state index contributed by atoms with van der Waals surface area (Å²) in [5.41, 5.74) is -0.461. The number of aromatic nitrogens is 4. The SMILES string of the molecule is O=C(O)C(O)C1(CCn2cnnn2)CC1. The van der Waals surface area contributed by atoms with Gasteiger partial charge in [-0.3, -0.25) is 0 Å². The van der Waals surface area contributed by atoms with Gasteiger partial charge in [0.25, 0.3) is 0 Å². The molecule has 1 unspecified atom stereocenters. The minimum absolute atomic E-state index is 0.461. The van der Waals surface area contributed by atoms with Gasteiger partial charge in [-0.2, -0.15) is 0 Å². The number of rotatable bonds is 5. The number of hydrogen-bond donors (Lipinski definition) is 2. The highest BCUT2D eigenvalue weighted by molar-refractivity contribution is 5.73. The zero-order valence-corrected chi connectivity index (χ0v) is 8.07. The van der Waals surface area contributed by atoms with Crippen molar-refractivity contribution in [3.05, 3.63) is 6.33 Å². The summed E-state index contributed by atoms with van der Waals surface area (Å²) in [5.74, 6) is -1.15. The molecule has 1 aliphatic rings. The van der Waals surface area contributed by atoms with Crippen molar-refractivity contribution >= 4 is 5.97 Å². The van der Waals surface area contributed by atoms with Crippen LogP contribution in [0.1, 0.15) is 19.3 Å². The van der Waals surface area contributed by atoms with Gasteiger partial charge in [-0.25, -0.2) is 9.48 Å². The molecule has 0 saturated heterocycles. The van der Waals surface area contributed by atoms with Crippen LogP contribution in [0, 0.1) is 5.41 Å². The lowest BCUT2D eigenvalue weighted by Gasteiger charge is -2.17. The van der Waals surface area contributed by atoms with E-state index >= 15 is 0 Å². The Morgan fingerprint density at radius 3 is 2.80 bits per heavy atom. The first kappa shape index (κ1) is 10.0. The van der Waals surface area contributed by atoms with Gasteiger partial charge >= 0.3 is 5.97 Å². The first-order chi connectivity index (χ1) is 7.14. The molecule has 1 saturated carbocycles. The number of carboxylic acid groups (broad SMARTS) is 1. The fraction of sp³-hybridized carbons (Fsp3) is 0.750. The fourth-order valence-corrected chi connectivity index (χ4v) is 1.70. The van der Waals surface area contributed by atoms with Crippen molar-refractivity contribution in [2.45, 2.75) is 31.9 Å². The van der Waals surface area contributed by atoms with Gasteiger partial charge in [0.15, 0.2) is 6.10 Å². The van der Waals surface area contributed by atoms with Crippen molar-refractivity contribution in [2.24, 2.45) is 5.41 Å². The summed E-state index contributed by atoms with van der Waals surface area (Å²) in [4.78, 5) is 10.7. The minimum Gasteiger partial charge on any atom is -0.479 e. The smallest absolute Gasteiger partial charge is 0.333 e. The number of hydrogen-bond acceptors (Lipinski definition) is 5. The molecule has 1 atom stereocenters. The molecule has 7 heteroatoms. The molecule has 0 amide bonds. The molecule has 1 aromatic heterocycles. The van der Waals surface area contributed by atoms with Crippen molar-refractivity contribution in [3.63, 3.8) is 0 Å². The zero-order valence-electron chi connectivity index (χ0n) is 8.07. The van der Waals surface area contributed by atoms with E-state index in [0.717, 1.165) is 12.8 Å². The van der Waals surface area contributed by atoms with Crippen LogP contribution >= 0.6 is 0 Å². The molecule has 2 rings (SSSR count). The van der Waals surface area contributed by atoms with Crippen molar-refractivity contribution in [1.82, 2.24) is 20.2 Å². The van der Waals surface area contributed by atoms with E-state index in [1.54, 1.807) is 0 Å². The third-order valence-corrected chi connectivity index (χ3v) is 2.94. The van der Waals surface area contributed by atoms with Crippen LogP contribution in [0.3, 0.4) is 0 Å². The first-order valence-corrected chi connectivity index (χ1v) is 4.76. The Morgan fingerprint density at radius 1 is 1.60 bits per heavy atom. The molecule has 0 spiro atoms. The third-order valence-electron chi connectivity index (χ3n) is 2.94. The number of nitrogens with zero attached hydrogens (tertiary/aromatic N) is 4. The van der Waals surface area contributed by atoms with Crippen molar-refractivity contribution in [1.29, 1.82) is 0 Å². The second-order valence-corrected chi connectivity index (χ2v) is 3.93. The molecule has 1 heterocycles. The fourth-order valence-electron chi connectivity index (χ4n) is 1.70. The summed E-state index contributed by atoms with van der Waals surface area (Å²) in [6.07, 6.45) is 2.30. The zero-order chi connectivity index (χ0) is 10.9. The van der Waals surface area contributed by atoms with Crippen molar-refractivity contribution in [2.75, 3.05) is 0 Å².